The largest absolute Gasteiger partial charge is 0.384 e. The summed E-state index contributed by atoms with van der Waals surface area (Å²) in [5.74, 6) is 5.28. The molecule has 0 aromatic carbocycles. The van der Waals surface area contributed by atoms with Crippen LogP contribution >= 0.6 is 11.3 Å². The van der Waals surface area contributed by atoms with Crippen LogP contribution in [0.4, 0.5) is 0 Å². The molecule has 20 heavy (non-hydrogen) atoms. The van der Waals surface area contributed by atoms with Gasteiger partial charge in [-0.25, -0.2) is 0 Å². The maximum absolute atomic E-state index is 11.8. The first-order valence-corrected chi connectivity index (χ1v) is 7.54. The summed E-state index contributed by atoms with van der Waals surface area (Å²) in [6, 6.07) is 3.54. The maximum Gasteiger partial charge on any atom is 0.261 e. The second-order valence-electron chi connectivity index (χ2n) is 4.51. The number of amides is 1. The Morgan fingerprint density at radius 1 is 1.45 bits per heavy atom. The number of hydrogen-bond acceptors (Lipinski definition) is 4. The van der Waals surface area contributed by atoms with E-state index in [0.717, 1.165) is 24.3 Å². The monoisotopic (exact) mass is 295 g/mol. The van der Waals surface area contributed by atoms with Crippen LogP contribution in [0.5, 0.6) is 0 Å². The van der Waals surface area contributed by atoms with Gasteiger partial charge >= 0.3 is 0 Å². The van der Waals surface area contributed by atoms with Gasteiger partial charge in [-0.3, -0.25) is 4.79 Å². The fraction of sp³-hybridized carbons (Fsp3) is 0.533. The Bertz CT molecular complexity index is 471. The molecule has 5 heteroatoms. The summed E-state index contributed by atoms with van der Waals surface area (Å²) in [4.78, 5) is 13.3. The van der Waals surface area contributed by atoms with Crippen molar-refractivity contribution in [3.63, 3.8) is 0 Å². The summed E-state index contributed by atoms with van der Waals surface area (Å²) in [6.07, 6.45) is 2.10. The zero-order chi connectivity index (χ0) is 14.8. The van der Waals surface area contributed by atoms with Crippen molar-refractivity contribution in [2.75, 3.05) is 19.8 Å². The molecule has 0 aliphatic rings. The third-order valence-corrected chi connectivity index (χ3v) is 3.43. The van der Waals surface area contributed by atoms with E-state index in [4.69, 9.17) is 9.84 Å². The number of rotatable bonds is 7. The highest BCUT2D eigenvalue weighted by Crippen LogP contribution is 2.15. The number of hydrogen-bond donors (Lipinski definition) is 2. The van der Waals surface area contributed by atoms with Gasteiger partial charge in [0.2, 0.25) is 0 Å². The van der Waals surface area contributed by atoms with Crippen LogP contribution in [0, 0.1) is 11.8 Å². The molecule has 110 valence electrons. The zero-order valence-corrected chi connectivity index (χ0v) is 12.8. The van der Waals surface area contributed by atoms with E-state index in [9.17, 15) is 4.79 Å². The third kappa shape index (κ3) is 6.71. The molecule has 1 aromatic rings. The molecule has 0 atom stereocenters. The molecule has 2 N–H and O–H groups in total. The van der Waals surface area contributed by atoms with E-state index < -0.39 is 0 Å². The zero-order valence-electron chi connectivity index (χ0n) is 11.9. The molecule has 0 radical (unpaired) electrons. The minimum atomic E-state index is -0.169. The molecule has 0 spiro atoms. The molecule has 1 aromatic heterocycles. The van der Waals surface area contributed by atoms with Gasteiger partial charge in [0.05, 0.1) is 15.9 Å². The van der Waals surface area contributed by atoms with Gasteiger partial charge in [-0.15, -0.1) is 11.3 Å². The van der Waals surface area contributed by atoms with Crippen molar-refractivity contribution < 1.29 is 14.6 Å². The summed E-state index contributed by atoms with van der Waals surface area (Å²) in [6.45, 7) is 5.23. The Morgan fingerprint density at radius 3 is 2.95 bits per heavy atom. The molecule has 0 saturated carbocycles. The van der Waals surface area contributed by atoms with Gasteiger partial charge in [0, 0.05) is 13.2 Å². The maximum atomic E-state index is 11.8. The molecule has 0 bridgehead atoms. The summed E-state index contributed by atoms with van der Waals surface area (Å²) < 4.78 is 5.43. The van der Waals surface area contributed by atoms with Crippen LogP contribution in [-0.4, -0.2) is 36.9 Å². The molecular formula is C15H21NO3S. The first-order chi connectivity index (χ1) is 9.63. The quantitative estimate of drug-likeness (QED) is 0.598. The van der Waals surface area contributed by atoms with Crippen LogP contribution in [0.2, 0.25) is 0 Å². The first kappa shape index (κ1) is 16.7. The Balaban J connectivity index is 2.24. The second kappa shape index (κ2) is 9.54. The average molecular weight is 295 g/mol. The van der Waals surface area contributed by atoms with E-state index in [1.165, 1.54) is 11.3 Å². The van der Waals surface area contributed by atoms with Crippen LogP contribution in [0.3, 0.4) is 0 Å². The SMILES string of the molecule is CC(C)OCCCCNC(=O)c1ccc(C#CCO)s1. The Morgan fingerprint density at radius 2 is 2.25 bits per heavy atom. The van der Waals surface area contributed by atoms with E-state index in [1.807, 2.05) is 13.8 Å². The van der Waals surface area contributed by atoms with E-state index in [0.29, 0.717) is 11.4 Å². The van der Waals surface area contributed by atoms with Crippen molar-refractivity contribution in [3.8, 4) is 11.8 Å². The van der Waals surface area contributed by atoms with Crippen LogP contribution in [0.15, 0.2) is 12.1 Å². The van der Waals surface area contributed by atoms with Crippen LogP contribution in [0.1, 0.15) is 41.2 Å². The lowest BCUT2D eigenvalue weighted by molar-refractivity contribution is 0.0754. The van der Waals surface area contributed by atoms with Gasteiger partial charge in [0.25, 0.3) is 5.91 Å². The Hall–Kier alpha value is -1.35. The molecule has 1 heterocycles. The number of ether oxygens (including phenoxy) is 1. The summed E-state index contributed by atoms with van der Waals surface area (Å²) in [5, 5.41) is 11.5. The van der Waals surface area contributed by atoms with Crippen LogP contribution < -0.4 is 5.32 Å². The summed E-state index contributed by atoms with van der Waals surface area (Å²) >= 11 is 1.33. The van der Waals surface area contributed by atoms with Gasteiger partial charge in [0.1, 0.15) is 6.61 Å². The van der Waals surface area contributed by atoms with Gasteiger partial charge in [-0.1, -0.05) is 11.8 Å². The van der Waals surface area contributed by atoms with E-state index in [2.05, 4.69) is 17.2 Å². The van der Waals surface area contributed by atoms with E-state index >= 15 is 0 Å². The minimum Gasteiger partial charge on any atom is -0.384 e. The number of carbonyl (C=O) groups is 1. The van der Waals surface area contributed by atoms with E-state index in [1.54, 1.807) is 12.1 Å². The highest BCUT2D eigenvalue weighted by atomic mass is 32.1. The molecule has 0 saturated heterocycles. The Kier molecular flexibility index (Phi) is 7.97. The van der Waals surface area contributed by atoms with Gasteiger partial charge in [-0.05, 0) is 38.8 Å². The number of carbonyl (C=O) groups excluding carboxylic acids is 1. The number of aliphatic hydroxyl groups is 1. The molecule has 0 fully saturated rings. The van der Waals surface area contributed by atoms with Crippen molar-refractivity contribution in [1.82, 2.24) is 5.32 Å². The topological polar surface area (TPSA) is 58.6 Å². The number of nitrogens with one attached hydrogen (secondary N) is 1. The van der Waals surface area contributed by atoms with Gasteiger partial charge < -0.3 is 15.2 Å². The molecular weight excluding hydrogens is 274 g/mol. The lowest BCUT2D eigenvalue weighted by atomic mass is 10.3. The third-order valence-electron chi connectivity index (χ3n) is 2.43. The smallest absolute Gasteiger partial charge is 0.261 e. The second-order valence-corrected chi connectivity index (χ2v) is 5.59. The minimum absolute atomic E-state index is 0.0724. The molecule has 1 rings (SSSR count). The first-order valence-electron chi connectivity index (χ1n) is 6.73. The summed E-state index contributed by atoms with van der Waals surface area (Å²) in [5.41, 5.74) is 0. The predicted octanol–water partition coefficient (Wildman–Crippen LogP) is 2.03. The van der Waals surface area contributed by atoms with Crippen molar-refractivity contribution in [3.05, 3.63) is 21.9 Å². The van der Waals surface area contributed by atoms with Crippen molar-refractivity contribution in [1.29, 1.82) is 0 Å². The van der Waals surface area contributed by atoms with Crippen LogP contribution in [0.25, 0.3) is 0 Å². The van der Waals surface area contributed by atoms with Gasteiger partial charge in [-0.2, -0.15) is 0 Å². The normalized spacial score (nSPS) is 10.2. The standard InChI is InChI=1S/C15H21NO3S/c1-12(2)19-11-4-3-9-16-15(18)14-8-7-13(20-14)6-5-10-17/h7-8,12,17H,3-4,9-11H2,1-2H3,(H,16,18). The van der Waals surface area contributed by atoms with Crippen molar-refractivity contribution in [2.45, 2.75) is 32.8 Å². The number of unbranched alkanes of at least 4 members (excludes halogenated alkanes) is 1. The number of aliphatic hydroxyl groups excluding tert-OH is 1. The fourth-order valence-corrected chi connectivity index (χ4v) is 2.29. The fourth-order valence-electron chi connectivity index (χ4n) is 1.49. The lowest BCUT2D eigenvalue weighted by Crippen LogP contribution is -2.23. The highest BCUT2D eigenvalue weighted by Gasteiger charge is 2.07. The molecule has 0 aliphatic carbocycles. The highest BCUT2D eigenvalue weighted by molar-refractivity contribution is 7.14. The van der Waals surface area contributed by atoms with Crippen LogP contribution in [-0.2, 0) is 4.74 Å². The van der Waals surface area contributed by atoms with Gasteiger partial charge in [0.15, 0.2) is 0 Å². The Labute approximate surface area is 124 Å². The summed E-state index contributed by atoms with van der Waals surface area (Å²) in [7, 11) is 0. The predicted molar refractivity (Wildman–Crippen MR) is 80.9 cm³/mol. The number of thiophene rings is 1. The molecule has 0 unspecified atom stereocenters. The molecule has 0 aliphatic heterocycles. The molecule has 4 nitrogen and oxygen atoms in total. The average Bonchev–Trinajstić information content (AvgIpc) is 2.88. The lowest BCUT2D eigenvalue weighted by Gasteiger charge is -2.07. The molecule has 1 amide bonds. The van der Waals surface area contributed by atoms with Crippen molar-refractivity contribution >= 4 is 17.2 Å². The van der Waals surface area contributed by atoms with Crippen molar-refractivity contribution in [2.24, 2.45) is 0 Å². The van der Waals surface area contributed by atoms with E-state index in [-0.39, 0.29) is 18.6 Å².